The number of hydrogen-bond donors (Lipinski definition) is 1. The van der Waals surface area contributed by atoms with E-state index in [-0.39, 0.29) is 25.3 Å². The number of nitrogens with one attached hydrogen (secondary N) is 1. The molecule has 5 rings (SSSR count). The zero-order valence-corrected chi connectivity index (χ0v) is 15.4. The van der Waals surface area contributed by atoms with Crippen molar-refractivity contribution in [1.29, 1.82) is 5.26 Å². The molecule has 0 spiro atoms. The normalized spacial score (nSPS) is 18.1. The van der Waals surface area contributed by atoms with E-state index in [2.05, 4.69) is 31.2 Å². The predicted molar refractivity (Wildman–Crippen MR) is 94.9 cm³/mol. The number of nitrogens with zero attached hydrogens (tertiary/aromatic N) is 7. The highest BCUT2D eigenvalue weighted by molar-refractivity contribution is 7.89. The van der Waals surface area contributed by atoms with Crippen LogP contribution < -0.4 is 0 Å². The molecule has 1 aliphatic carbocycles. The van der Waals surface area contributed by atoms with E-state index in [4.69, 9.17) is 0 Å². The van der Waals surface area contributed by atoms with Crippen LogP contribution in [-0.2, 0) is 22.0 Å². The summed E-state index contributed by atoms with van der Waals surface area (Å²) in [4.78, 5) is 13.3. The molecule has 27 heavy (non-hydrogen) atoms. The van der Waals surface area contributed by atoms with E-state index >= 15 is 0 Å². The summed E-state index contributed by atoms with van der Waals surface area (Å²) in [5.41, 5.74) is 3.23. The first kappa shape index (κ1) is 16.3. The molecule has 0 atom stereocenters. The third-order valence-corrected chi connectivity index (χ3v) is 7.12. The van der Waals surface area contributed by atoms with Gasteiger partial charge in [0.1, 0.15) is 28.9 Å². The van der Waals surface area contributed by atoms with E-state index in [1.165, 1.54) is 15.4 Å². The Balaban J connectivity index is 1.57. The molecule has 4 heterocycles. The summed E-state index contributed by atoms with van der Waals surface area (Å²) in [6.07, 6.45) is 4.11. The molecule has 0 radical (unpaired) electrons. The largest absolute Gasteiger partial charge is 0.346 e. The number of sulfonamides is 1. The van der Waals surface area contributed by atoms with Gasteiger partial charge in [-0.3, -0.25) is 0 Å². The Hall–Kier alpha value is -2.84. The molecular weight excluding hydrogens is 368 g/mol. The van der Waals surface area contributed by atoms with Crippen molar-refractivity contribution in [3.8, 4) is 17.5 Å². The van der Waals surface area contributed by atoms with Crippen LogP contribution in [0.25, 0.3) is 22.4 Å². The average molecular weight is 384 g/mol. The number of aromatic nitrogens is 6. The van der Waals surface area contributed by atoms with Crippen LogP contribution in [0.1, 0.15) is 24.6 Å². The Morgan fingerprint density at radius 2 is 2.11 bits per heavy atom. The zero-order chi connectivity index (χ0) is 18.8. The maximum Gasteiger partial charge on any atom is 0.213 e. The highest BCUT2D eigenvalue weighted by Gasteiger charge is 2.51. The fraction of sp³-hybridized carbons (Fsp3) is 0.438. The minimum Gasteiger partial charge on any atom is -0.346 e. The van der Waals surface area contributed by atoms with E-state index in [1.807, 2.05) is 6.20 Å². The summed E-state index contributed by atoms with van der Waals surface area (Å²) >= 11 is 0. The van der Waals surface area contributed by atoms with Crippen molar-refractivity contribution in [1.82, 2.24) is 34.3 Å². The van der Waals surface area contributed by atoms with Gasteiger partial charge in [-0.15, -0.1) is 0 Å². The predicted octanol–water partition coefficient (Wildman–Crippen LogP) is 0.395. The summed E-state index contributed by atoms with van der Waals surface area (Å²) in [6.45, 7) is 2.02. The van der Waals surface area contributed by atoms with Crippen LogP contribution in [0.15, 0.2) is 12.5 Å². The third kappa shape index (κ3) is 2.17. The molecule has 0 unspecified atom stereocenters. The van der Waals surface area contributed by atoms with Crippen LogP contribution in [0.4, 0.5) is 0 Å². The molecule has 3 aromatic heterocycles. The van der Waals surface area contributed by atoms with Crippen molar-refractivity contribution >= 4 is 21.1 Å². The first-order chi connectivity index (χ1) is 13.0. The Kier molecular flexibility index (Phi) is 3.23. The van der Waals surface area contributed by atoms with Gasteiger partial charge in [-0.2, -0.15) is 24.6 Å². The number of H-pyrrole nitrogens is 1. The summed E-state index contributed by atoms with van der Waals surface area (Å²) in [6, 6.07) is 2.16. The summed E-state index contributed by atoms with van der Waals surface area (Å²) in [5, 5.41) is 19.5. The summed E-state index contributed by atoms with van der Waals surface area (Å²) < 4.78 is 25.6. The van der Waals surface area contributed by atoms with Crippen molar-refractivity contribution in [2.45, 2.75) is 25.3 Å². The van der Waals surface area contributed by atoms with Gasteiger partial charge in [0.25, 0.3) is 0 Å². The molecule has 1 saturated heterocycles. The van der Waals surface area contributed by atoms with Crippen LogP contribution >= 0.6 is 0 Å². The molecule has 3 aromatic rings. The van der Waals surface area contributed by atoms with Crippen molar-refractivity contribution in [2.75, 3.05) is 18.8 Å². The lowest BCUT2D eigenvalue weighted by atomic mass is 9.90. The molecule has 1 N–H and O–H groups in total. The van der Waals surface area contributed by atoms with Gasteiger partial charge in [-0.1, -0.05) is 0 Å². The minimum absolute atomic E-state index is 0.0346. The first-order valence-corrected chi connectivity index (χ1v) is 10.2. The second kappa shape index (κ2) is 5.34. The highest BCUT2D eigenvalue weighted by Crippen LogP contribution is 2.38. The minimum atomic E-state index is -3.30. The van der Waals surface area contributed by atoms with Gasteiger partial charge in [-0.05, 0) is 12.5 Å². The van der Waals surface area contributed by atoms with Gasteiger partial charge >= 0.3 is 0 Å². The highest BCUT2D eigenvalue weighted by atomic mass is 32.2. The fourth-order valence-corrected chi connectivity index (χ4v) is 5.06. The van der Waals surface area contributed by atoms with E-state index in [1.54, 1.807) is 6.92 Å². The zero-order valence-electron chi connectivity index (χ0n) is 14.5. The van der Waals surface area contributed by atoms with Gasteiger partial charge in [-0.25, -0.2) is 18.4 Å². The quantitative estimate of drug-likeness (QED) is 0.538. The van der Waals surface area contributed by atoms with Gasteiger partial charge in [0.15, 0.2) is 0 Å². The third-order valence-electron chi connectivity index (χ3n) is 5.35. The molecule has 0 aromatic carbocycles. The Morgan fingerprint density at radius 3 is 2.85 bits per heavy atom. The average Bonchev–Trinajstić information content (AvgIpc) is 3.24. The van der Waals surface area contributed by atoms with Crippen molar-refractivity contribution in [3.63, 3.8) is 0 Å². The van der Waals surface area contributed by atoms with E-state index < -0.39 is 15.6 Å². The van der Waals surface area contributed by atoms with Crippen LogP contribution in [0.2, 0.25) is 0 Å². The van der Waals surface area contributed by atoms with Crippen LogP contribution in [-0.4, -0.2) is 61.5 Å². The van der Waals surface area contributed by atoms with Crippen LogP contribution in [0, 0.1) is 11.3 Å². The number of fused-ring (bicyclic) bond motifs is 2. The standard InChI is InChI=1S/C16H16N8O2S/c1-2-27(25,26)23-7-16(8-23,3-4-17)24-21-11-5-10-6-18-15-12(10)14(13(11)22-24)19-9-20-15/h6,9H,2-3,5,7-8H2,1H3,(H,18,19,20). The van der Waals surface area contributed by atoms with E-state index in [0.29, 0.717) is 17.8 Å². The lowest BCUT2D eigenvalue weighted by Crippen LogP contribution is -2.64. The lowest BCUT2D eigenvalue weighted by molar-refractivity contribution is 0.0571. The first-order valence-electron chi connectivity index (χ1n) is 8.60. The van der Waals surface area contributed by atoms with Gasteiger partial charge in [0.05, 0.1) is 29.3 Å². The molecule has 0 amide bonds. The smallest absolute Gasteiger partial charge is 0.213 e. The molecule has 10 nitrogen and oxygen atoms in total. The molecule has 11 heteroatoms. The number of nitriles is 1. The maximum atomic E-state index is 12.1. The second-order valence-electron chi connectivity index (χ2n) is 6.95. The lowest BCUT2D eigenvalue weighted by Gasteiger charge is -2.46. The second-order valence-corrected chi connectivity index (χ2v) is 9.21. The molecule has 0 bridgehead atoms. The number of hydrogen-bond acceptors (Lipinski definition) is 7. The van der Waals surface area contributed by atoms with E-state index in [9.17, 15) is 13.7 Å². The molecule has 138 valence electrons. The van der Waals surface area contributed by atoms with Gasteiger partial charge in [0, 0.05) is 25.7 Å². The molecule has 2 aliphatic rings. The number of rotatable bonds is 4. The van der Waals surface area contributed by atoms with E-state index in [0.717, 1.165) is 22.3 Å². The molecule has 1 aliphatic heterocycles. The monoisotopic (exact) mass is 384 g/mol. The summed E-state index contributed by atoms with van der Waals surface area (Å²) in [5.74, 6) is 0.0346. The van der Waals surface area contributed by atoms with Crippen molar-refractivity contribution in [2.24, 2.45) is 0 Å². The Labute approximate surface area is 154 Å². The van der Waals surface area contributed by atoms with Crippen LogP contribution in [0.5, 0.6) is 0 Å². The van der Waals surface area contributed by atoms with Crippen molar-refractivity contribution < 1.29 is 8.42 Å². The van der Waals surface area contributed by atoms with Crippen molar-refractivity contribution in [3.05, 3.63) is 23.8 Å². The summed E-state index contributed by atoms with van der Waals surface area (Å²) in [7, 11) is -3.30. The topological polar surface area (TPSA) is 133 Å². The molecule has 0 saturated carbocycles. The SMILES string of the molecule is CCS(=O)(=O)N1CC(CC#N)(n2nc3c(n2)-c2ncnc4[nH]cc(c24)C3)C1. The van der Waals surface area contributed by atoms with Crippen LogP contribution in [0.3, 0.4) is 0 Å². The fourth-order valence-electron chi connectivity index (χ4n) is 3.82. The molecular formula is C16H16N8O2S. The Morgan fingerprint density at radius 1 is 1.30 bits per heavy atom. The number of aromatic amines is 1. The Bertz CT molecular complexity index is 1210. The maximum absolute atomic E-state index is 12.1. The van der Waals surface area contributed by atoms with Gasteiger partial charge in [0.2, 0.25) is 10.0 Å². The molecule has 1 fully saturated rings. The van der Waals surface area contributed by atoms with Gasteiger partial charge < -0.3 is 4.98 Å².